The highest BCUT2D eigenvalue weighted by molar-refractivity contribution is 7.98. The van der Waals surface area contributed by atoms with E-state index in [1.807, 2.05) is 23.9 Å². The largest absolute Gasteiger partial charge is 0.454 e. The van der Waals surface area contributed by atoms with Gasteiger partial charge in [0.25, 0.3) is 0 Å². The number of rotatable bonds is 11. The number of anilines is 6. The van der Waals surface area contributed by atoms with E-state index in [4.69, 9.17) is 13.3 Å². The lowest BCUT2D eigenvalue weighted by Crippen LogP contribution is -2.37. The van der Waals surface area contributed by atoms with Crippen LogP contribution in [0.25, 0.3) is 88.3 Å². The molecule has 0 radical (unpaired) electrons. The number of hydrogen-bond acceptors (Lipinski definition) is 8. The highest BCUT2D eigenvalue weighted by Crippen LogP contribution is 2.66. The molecule has 2 aliphatic carbocycles. The van der Waals surface area contributed by atoms with E-state index in [0.29, 0.717) is 17.3 Å². The standard InChI is InChI=1S/C73H56N4O3SSi/c1-44(36-39-81-2)45-22-24-46(25-23-45)76(49-28-33-54-56-17-12-37-74-71(56)79-66(54)41-49)48-30-35-58-62(40-48)73(60-19-9-6-14-52(60)53-15-7-10-20-61(53)73)63-43-64(70-69(68(58)63)59-16-8-11-21-65(59)78-70)77(47-26-31-51(32-27-47)82(3,4)5)50-29-34-55-57-18-13-38-75-72(57)80-67(55)42-50/h6-35,37-38,40-44H,36,39H2,1-5H3/t44-/m1/s1. The number of furan rings is 3. The Labute approximate surface area is 480 Å². The van der Waals surface area contributed by atoms with Gasteiger partial charge in [0.2, 0.25) is 11.4 Å². The minimum atomic E-state index is -1.67. The predicted octanol–water partition coefficient (Wildman–Crippen LogP) is 19.9. The highest BCUT2D eigenvalue weighted by atomic mass is 32.2. The van der Waals surface area contributed by atoms with Gasteiger partial charge in [-0.05, 0) is 171 Å². The van der Waals surface area contributed by atoms with Crippen molar-refractivity contribution in [2.45, 2.75) is 44.3 Å². The Kier molecular flexibility index (Phi) is 11.0. The zero-order chi connectivity index (χ0) is 55.0. The third kappa shape index (κ3) is 7.22. The molecule has 1 atom stereocenters. The molecule has 0 amide bonds. The molecule has 396 valence electrons. The van der Waals surface area contributed by atoms with Crippen LogP contribution in [0, 0.1) is 0 Å². The fourth-order valence-corrected chi connectivity index (χ4v) is 15.4. The van der Waals surface area contributed by atoms with Crippen LogP contribution < -0.4 is 15.0 Å². The molecule has 9 aromatic carbocycles. The van der Waals surface area contributed by atoms with Crippen molar-refractivity contribution >= 4 is 125 Å². The van der Waals surface area contributed by atoms with Gasteiger partial charge in [-0.2, -0.15) is 11.8 Å². The number of para-hydroxylation sites is 1. The first-order valence-corrected chi connectivity index (χ1v) is 33.2. The van der Waals surface area contributed by atoms with Gasteiger partial charge in [0, 0.05) is 79.6 Å². The second kappa shape index (κ2) is 18.4. The highest BCUT2D eigenvalue weighted by Gasteiger charge is 2.53. The topological polar surface area (TPSA) is 71.7 Å². The van der Waals surface area contributed by atoms with Crippen molar-refractivity contribution in [2.75, 3.05) is 21.8 Å². The lowest BCUT2D eigenvalue weighted by atomic mass is 9.70. The van der Waals surface area contributed by atoms with Crippen molar-refractivity contribution in [3.8, 4) is 22.3 Å². The molecular formula is C73H56N4O3SSi. The quantitative estimate of drug-likeness (QED) is 0.119. The maximum atomic E-state index is 7.34. The number of nitrogens with zero attached hydrogens (tertiary/aromatic N) is 4. The van der Waals surface area contributed by atoms with Gasteiger partial charge in [-0.25, -0.2) is 9.97 Å². The van der Waals surface area contributed by atoms with E-state index >= 15 is 0 Å². The van der Waals surface area contributed by atoms with Gasteiger partial charge < -0.3 is 23.1 Å². The number of benzene rings is 9. The average Bonchev–Trinajstić information content (AvgIpc) is 1.93. The van der Waals surface area contributed by atoms with Crippen LogP contribution in [-0.4, -0.2) is 30.1 Å². The van der Waals surface area contributed by atoms with Crippen molar-refractivity contribution in [2.24, 2.45) is 0 Å². The van der Waals surface area contributed by atoms with Crippen molar-refractivity contribution in [3.63, 3.8) is 0 Å². The van der Waals surface area contributed by atoms with E-state index in [9.17, 15) is 0 Å². The molecule has 14 aromatic rings. The second-order valence-corrected chi connectivity index (χ2v) is 29.3. The third-order valence-corrected chi connectivity index (χ3v) is 20.3. The maximum absolute atomic E-state index is 7.34. The van der Waals surface area contributed by atoms with E-state index in [1.54, 1.807) is 12.4 Å². The van der Waals surface area contributed by atoms with Crippen molar-refractivity contribution < 1.29 is 13.3 Å². The Balaban J connectivity index is 0.986. The van der Waals surface area contributed by atoms with Gasteiger partial charge in [-0.1, -0.05) is 129 Å². The van der Waals surface area contributed by atoms with Crippen LogP contribution in [0.4, 0.5) is 34.1 Å². The molecular weight excluding hydrogens is 1040 g/mol. The van der Waals surface area contributed by atoms with Crippen LogP contribution in [0.5, 0.6) is 0 Å². The molecule has 5 aromatic heterocycles. The number of hydrogen-bond donors (Lipinski definition) is 0. The Bertz CT molecular complexity index is 4850. The number of aromatic nitrogens is 2. The van der Waals surface area contributed by atoms with E-state index in [1.165, 1.54) is 55.3 Å². The Morgan fingerprint density at radius 2 is 1.02 bits per heavy atom. The average molecular weight is 1100 g/mol. The molecule has 82 heavy (non-hydrogen) atoms. The molecule has 0 fully saturated rings. The minimum absolute atomic E-state index is 0.432. The minimum Gasteiger partial charge on any atom is -0.454 e. The summed E-state index contributed by atoms with van der Waals surface area (Å²) in [5, 5.41) is 7.59. The molecule has 0 unspecified atom stereocenters. The monoisotopic (exact) mass is 1100 g/mol. The molecule has 0 aliphatic heterocycles. The maximum Gasteiger partial charge on any atom is 0.227 e. The number of fused-ring (bicyclic) bond motifs is 20. The number of pyridine rings is 2. The summed E-state index contributed by atoms with van der Waals surface area (Å²) in [6.45, 7) is 9.56. The van der Waals surface area contributed by atoms with Crippen molar-refractivity contribution in [1.82, 2.24) is 9.97 Å². The van der Waals surface area contributed by atoms with Gasteiger partial charge in [0.05, 0.1) is 24.9 Å². The fraction of sp³-hybridized carbons (Fsp3) is 0.123. The summed E-state index contributed by atoms with van der Waals surface area (Å²) in [6, 6.07) is 76.2. The molecule has 5 heterocycles. The SMILES string of the molecule is CSCC[C@@H](C)c1ccc(N(c2ccc3c(c2)C2(c4ccccc4-c4ccccc42)c2cc(N(c4ccc([Si](C)(C)C)cc4)c4ccc5c(c4)oc4ncccc45)c4oc5ccccc5c4c2-3)c2ccc3c(c2)oc2ncccc23)cc1. The van der Waals surface area contributed by atoms with Gasteiger partial charge in [0.1, 0.15) is 16.7 Å². The summed E-state index contributed by atoms with van der Waals surface area (Å²) < 4.78 is 20.5. The lowest BCUT2D eigenvalue weighted by Gasteiger charge is -2.33. The van der Waals surface area contributed by atoms with E-state index in [0.717, 1.165) is 101 Å². The fourth-order valence-electron chi connectivity index (χ4n) is 13.7. The first kappa shape index (κ1) is 48.7. The molecule has 0 N–H and O–H groups in total. The normalized spacial score (nSPS) is 13.6. The second-order valence-electron chi connectivity index (χ2n) is 23.2. The predicted molar refractivity (Wildman–Crippen MR) is 344 cm³/mol. The summed E-state index contributed by atoms with van der Waals surface area (Å²) in [7, 11) is -1.67. The molecule has 9 heteroatoms. The molecule has 16 rings (SSSR count). The summed E-state index contributed by atoms with van der Waals surface area (Å²) in [4.78, 5) is 14.0. The van der Waals surface area contributed by atoms with E-state index < -0.39 is 13.5 Å². The van der Waals surface area contributed by atoms with E-state index in [-0.39, 0.29) is 0 Å². The van der Waals surface area contributed by atoms with Crippen molar-refractivity contribution in [1.29, 1.82) is 0 Å². The zero-order valence-corrected chi connectivity index (χ0v) is 48.0. The number of thioether (sulfide) groups is 1. The lowest BCUT2D eigenvalue weighted by molar-refractivity contribution is 0.653. The summed E-state index contributed by atoms with van der Waals surface area (Å²) in [5.41, 5.74) is 20.8. The first-order valence-electron chi connectivity index (χ1n) is 28.3. The summed E-state index contributed by atoms with van der Waals surface area (Å²) in [5.74, 6) is 1.55. The van der Waals surface area contributed by atoms with Gasteiger partial charge in [-0.15, -0.1) is 0 Å². The molecule has 1 spiro atoms. The third-order valence-electron chi connectivity index (χ3n) is 17.6. The molecule has 0 saturated carbocycles. The van der Waals surface area contributed by atoms with Crippen LogP contribution in [0.1, 0.15) is 47.1 Å². The zero-order valence-electron chi connectivity index (χ0n) is 46.2. The van der Waals surface area contributed by atoms with E-state index in [2.05, 4.69) is 247 Å². The molecule has 0 bridgehead atoms. The molecule has 0 saturated heterocycles. The van der Waals surface area contributed by atoms with Crippen LogP contribution in [0.2, 0.25) is 19.6 Å². The van der Waals surface area contributed by atoms with Gasteiger partial charge >= 0.3 is 0 Å². The first-order chi connectivity index (χ1) is 40.1. The Morgan fingerprint density at radius 1 is 0.476 bits per heavy atom. The van der Waals surface area contributed by atoms with Crippen LogP contribution >= 0.6 is 11.8 Å². The Morgan fingerprint density at radius 3 is 1.67 bits per heavy atom. The van der Waals surface area contributed by atoms with Crippen LogP contribution in [0.3, 0.4) is 0 Å². The van der Waals surface area contributed by atoms with Gasteiger partial charge in [0.15, 0.2) is 5.58 Å². The smallest absolute Gasteiger partial charge is 0.227 e. The van der Waals surface area contributed by atoms with Gasteiger partial charge in [-0.3, -0.25) is 0 Å². The van der Waals surface area contributed by atoms with Crippen molar-refractivity contribution in [3.05, 3.63) is 246 Å². The molecule has 7 nitrogen and oxygen atoms in total. The summed E-state index contributed by atoms with van der Waals surface area (Å²) in [6.07, 6.45) is 6.90. The van der Waals surface area contributed by atoms with Crippen LogP contribution in [-0.2, 0) is 5.41 Å². The summed E-state index contributed by atoms with van der Waals surface area (Å²) >= 11 is 1.90. The van der Waals surface area contributed by atoms with Crippen LogP contribution in [0.15, 0.2) is 232 Å². The molecule has 2 aliphatic rings. The Hall–Kier alpha value is -9.15.